The second kappa shape index (κ2) is 2.21. The minimum absolute atomic E-state index is 0.468. The molecule has 0 aromatic heterocycles. The Morgan fingerprint density at radius 3 is 3.00 bits per heavy atom. The lowest BCUT2D eigenvalue weighted by molar-refractivity contribution is -0.117. The number of likely N-dealkylation sites (tertiary alicyclic amines) is 1. The molecule has 2 unspecified atom stereocenters. The normalized spacial score (nSPS) is 41.5. The molecule has 1 spiro atoms. The zero-order valence-electron chi connectivity index (χ0n) is 6.84. The van der Waals surface area contributed by atoms with Crippen molar-refractivity contribution >= 4 is 6.41 Å². The van der Waals surface area contributed by atoms with E-state index in [0.717, 1.165) is 19.5 Å². The predicted molar refractivity (Wildman–Crippen MR) is 42.2 cm³/mol. The van der Waals surface area contributed by atoms with E-state index in [4.69, 9.17) is 0 Å². The van der Waals surface area contributed by atoms with E-state index in [9.17, 15) is 4.79 Å². The summed E-state index contributed by atoms with van der Waals surface area (Å²) >= 11 is 0. The zero-order chi connectivity index (χ0) is 7.90. The number of amides is 1. The fraction of sp³-hybridized carbons (Fsp3) is 0.875. The fourth-order valence-corrected chi connectivity index (χ4v) is 2.23. The molecule has 1 amide bonds. The van der Waals surface area contributed by atoms with Crippen LogP contribution in [0, 0.1) is 5.41 Å². The van der Waals surface area contributed by atoms with Gasteiger partial charge in [0.05, 0.1) is 0 Å². The largest absolute Gasteiger partial charge is 0.345 e. The van der Waals surface area contributed by atoms with E-state index in [2.05, 4.69) is 5.32 Å². The Bertz CT molecular complexity index is 183. The van der Waals surface area contributed by atoms with Crippen LogP contribution in [0.15, 0.2) is 0 Å². The van der Waals surface area contributed by atoms with Gasteiger partial charge in [-0.05, 0) is 19.9 Å². The molecule has 1 saturated heterocycles. The third kappa shape index (κ3) is 0.948. The van der Waals surface area contributed by atoms with Crippen LogP contribution >= 0.6 is 0 Å². The summed E-state index contributed by atoms with van der Waals surface area (Å²) in [5.74, 6) is 0. The van der Waals surface area contributed by atoms with E-state index in [-0.39, 0.29) is 0 Å². The van der Waals surface area contributed by atoms with Gasteiger partial charge in [-0.25, -0.2) is 0 Å². The standard InChI is InChI=1S/C8H14N2O/c1-9-7-4-8(7)2-3-10(5-8)6-11/h6-7,9H,2-5H2,1H3. The van der Waals surface area contributed by atoms with Gasteiger partial charge in [0.2, 0.25) is 6.41 Å². The van der Waals surface area contributed by atoms with Crippen LogP contribution < -0.4 is 5.32 Å². The predicted octanol–water partition coefficient (Wildman–Crippen LogP) is -0.173. The Labute approximate surface area is 66.8 Å². The SMILES string of the molecule is CNC1CC12CCN(C=O)C2. The van der Waals surface area contributed by atoms with Crippen molar-refractivity contribution in [2.75, 3.05) is 20.1 Å². The molecule has 3 heteroatoms. The molecule has 2 atom stereocenters. The maximum atomic E-state index is 10.4. The van der Waals surface area contributed by atoms with Gasteiger partial charge in [0.25, 0.3) is 0 Å². The first-order chi connectivity index (χ1) is 5.30. The molecule has 62 valence electrons. The molecule has 3 nitrogen and oxygen atoms in total. The maximum Gasteiger partial charge on any atom is 0.209 e. The number of rotatable bonds is 2. The van der Waals surface area contributed by atoms with Gasteiger partial charge < -0.3 is 10.2 Å². The first-order valence-electron chi connectivity index (χ1n) is 4.17. The minimum atomic E-state index is 0.468. The molecule has 1 N–H and O–H groups in total. The highest BCUT2D eigenvalue weighted by molar-refractivity contribution is 5.48. The van der Waals surface area contributed by atoms with Crippen molar-refractivity contribution in [3.8, 4) is 0 Å². The Morgan fingerprint density at radius 2 is 2.55 bits per heavy atom. The second-order valence-electron chi connectivity index (χ2n) is 3.73. The number of nitrogens with one attached hydrogen (secondary N) is 1. The monoisotopic (exact) mass is 154 g/mol. The lowest BCUT2D eigenvalue weighted by Crippen LogP contribution is -2.23. The summed E-state index contributed by atoms with van der Waals surface area (Å²) in [6.07, 6.45) is 3.42. The minimum Gasteiger partial charge on any atom is -0.345 e. The van der Waals surface area contributed by atoms with Gasteiger partial charge in [-0.15, -0.1) is 0 Å². The molecule has 0 bridgehead atoms. The third-order valence-electron chi connectivity index (χ3n) is 3.10. The van der Waals surface area contributed by atoms with E-state index < -0.39 is 0 Å². The highest BCUT2D eigenvalue weighted by atomic mass is 16.1. The molecule has 1 saturated carbocycles. The van der Waals surface area contributed by atoms with Gasteiger partial charge in [0, 0.05) is 24.5 Å². The molecular formula is C8H14N2O. The van der Waals surface area contributed by atoms with Gasteiger partial charge >= 0.3 is 0 Å². The van der Waals surface area contributed by atoms with Crippen molar-refractivity contribution in [2.45, 2.75) is 18.9 Å². The molecule has 11 heavy (non-hydrogen) atoms. The molecule has 1 heterocycles. The van der Waals surface area contributed by atoms with Crippen molar-refractivity contribution in [2.24, 2.45) is 5.41 Å². The Hall–Kier alpha value is -0.570. The first-order valence-corrected chi connectivity index (χ1v) is 4.17. The molecule has 0 aromatic carbocycles. The summed E-state index contributed by atoms with van der Waals surface area (Å²) < 4.78 is 0. The van der Waals surface area contributed by atoms with Gasteiger partial charge in [-0.2, -0.15) is 0 Å². The van der Waals surface area contributed by atoms with Gasteiger partial charge in [-0.1, -0.05) is 0 Å². The molecule has 0 aromatic rings. The fourth-order valence-electron chi connectivity index (χ4n) is 2.23. The van der Waals surface area contributed by atoms with Crippen LogP contribution in [0.1, 0.15) is 12.8 Å². The van der Waals surface area contributed by atoms with Crippen LogP contribution in [0.5, 0.6) is 0 Å². The Kier molecular flexibility index (Phi) is 1.42. The van der Waals surface area contributed by atoms with E-state index in [1.165, 1.54) is 12.8 Å². The van der Waals surface area contributed by atoms with E-state index in [0.29, 0.717) is 11.5 Å². The average Bonchev–Trinajstić information content (AvgIpc) is 2.53. The number of hydrogen-bond acceptors (Lipinski definition) is 2. The van der Waals surface area contributed by atoms with Gasteiger partial charge in [0.15, 0.2) is 0 Å². The summed E-state index contributed by atoms with van der Waals surface area (Å²) in [5.41, 5.74) is 0.468. The lowest BCUT2D eigenvalue weighted by atomic mass is 10.1. The van der Waals surface area contributed by atoms with Gasteiger partial charge in [-0.3, -0.25) is 4.79 Å². The molecule has 1 aliphatic heterocycles. The summed E-state index contributed by atoms with van der Waals surface area (Å²) in [6, 6.07) is 0.674. The Morgan fingerprint density at radius 1 is 1.73 bits per heavy atom. The third-order valence-corrected chi connectivity index (χ3v) is 3.10. The highest BCUT2D eigenvalue weighted by Gasteiger charge is 2.56. The summed E-state index contributed by atoms with van der Waals surface area (Å²) in [7, 11) is 2.00. The van der Waals surface area contributed by atoms with Crippen LogP contribution in [-0.2, 0) is 4.79 Å². The van der Waals surface area contributed by atoms with E-state index in [1.807, 2.05) is 11.9 Å². The van der Waals surface area contributed by atoms with Crippen molar-refractivity contribution in [3.05, 3.63) is 0 Å². The van der Waals surface area contributed by atoms with Crippen molar-refractivity contribution < 1.29 is 4.79 Å². The Balaban J connectivity index is 1.95. The quantitative estimate of drug-likeness (QED) is 0.560. The first kappa shape index (κ1) is 7.10. The summed E-state index contributed by atoms with van der Waals surface area (Å²) in [6.45, 7) is 1.93. The highest BCUT2D eigenvalue weighted by Crippen LogP contribution is 2.52. The maximum absolute atomic E-state index is 10.4. The van der Waals surface area contributed by atoms with E-state index in [1.54, 1.807) is 0 Å². The van der Waals surface area contributed by atoms with E-state index >= 15 is 0 Å². The molecule has 2 aliphatic rings. The number of hydrogen-bond donors (Lipinski definition) is 1. The zero-order valence-corrected chi connectivity index (χ0v) is 6.84. The van der Waals surface area contributed by atoms with Crippen LogP contribution in [-0.4, -0.2) is 37.5 Å². The summed E-state index contributed by atoms with van der Waals surface area (Å²) in [4.78, 5) is 12.3. The molecule has 1 aliphatic carbocycles. The van der Waals surface area contributed by atoms with Crippen LogP contribution in [0.3, 0.4) is 0 Å². The number of nitrogens with zero attached hydrogens (tertiary/aromatic N) is 1. The van der Waals surface area contributed by atoms with Gasteiger partial charge in [0.1, 0.15) is 0 Å². The molecular weight excluding hydrogens is 140 g/mol. The molecule has 0 radical (unpaired) electrons. The smallest absolute Gasteiger partial charge is 0.209 e. The molecule has 2 fully saturated rings. The van der Waals surface area contributed by atoms with Crippen molar-refractivity contribution in [3.63, 3.8) is 0 Å². The molecule has 2 rings (SSSR count). The van der Waals surface area contributed by atoms with Crippen LogP contribution in [0.4, 0.5) is 0 Å². The number of carbonyl (C=O) groups excluding carboxylic acids is 1. The summed E-state index contributed by atoms with van der Waals surface area (Å²) in [5, 5.41) is 3.27. The number of carbonyl (C=O) groups is 1. The topological polar surface area (TPSA) is 32.3 Å². The average molecular weight is 154 g/mol. The lowest BCUT2D eigenvalue weighted by Gasteiger charge is -2.09. The van der Waals surface area contributed by atoms with Crippen LogP contribution in [0.2, 0.25) is 0 Å². The van der Waals surface area contributed by atoms with Crippen molar-refractivity contribution in [1.29, 1.82) is 0 Å². The van der Waals surface area contributed by atoms with Crippen LogP contribution in [0.25, 0.3) is 0 Å². The van der Waals surface area contributed by atoms with Crippen molar-refractivity contribution in [1.82, 2.24) is 10.2 Å². The second-order valence-corrected chi connectivity index (χ2v) is 3.73.